The van der Waals surface area contributed by atoms with Crippen LogP contribution in [0.3, 0.4) is 0 Å². The molecule has 0 spiro atoms. The van der Waals surface area contributed by atoms with Crippen LogP contribution in [0.15, 0.2) is 72.8 Å². The number of hydrogen-bond donors (Lipinski definition) is 0. The van der Waals surface area contributed by atoms with E-state index in [2.05, 4.69) is 41.8 Å². The van der Waals surface area contributed by atoms with Gasteiger partial charge in [-0.1, -0.05) is 53.6 Å². The molecular formula is C22H19ClN2O. The number of hydrogen-bond acceptors (Lipinski definition) is 2. The van der Waals surface area contributed by atoms with Crippen LogP contribution >= 0.6 is 11.6 Å². The highest BCUT2D eigenvalue weighted by Gasteiger charge is 2.11. The fourth-order valence-corrected chi connectivity index (χ4v) is 3.09. The number of nitrogens with zero attached hydrogens (tertiary/aromatic N) is 2. The molecule has 0 bridgehead atoms. The van der Waals surface area contributed by atoms with Crippen LogP contribution in [0.1, 0.15) is 17.0 Å². The SMILES string of the molecule is Cc1ccc(Cn2c(COc3ccc(Cl)cc3)nc3ccccc32)cc1. The summed E-state index contributed by atoms with van der Waals surface area (Å²) in [6, 6.07) is 24.2. The molecule has 3 nitrogen and oxygen atoms in total. The fraction of sp³-hybridized carbons (Fsp3) is 0.136. The summed E-state index contributed by atoms with van der Waals surface area (Å²) in [7, 11) is 0. The van der Waals surface area contributed by atoms with Gasteiger partial charge in [0.15, 0.2) is 0 Å². The Balaban J connectivity index is 1.64. The number of para-hydroxylation sites is 2. The summed E-state index contributed by atoms with van der Waals surface area (Å²) < 4.78 is 8.15. The first-order valence-corrected chi connectivity index (χ1v) is 8.95. The van der Waals surface area contributed by atoms with E-state index < -0.39 is 0 Å². The van der Waals surface area contributed by atoms with Gasteiger partial charge in [-0.25, -0.2) is 4.98 Å². The third-order valence-electron chi connectivity index (χ3n) is 4.38. The first-order valence-electron chi connectivity index (χ1n) is 8.57. The minimum atomic E-state index is 0.405. The van der Waals surface area contributed by atoms with Crippen LogP contribution in [-0.2, 0) is 13.2 Å². The predicted molar refractivity (Wildman–Crippen MR) is 106 cm³/mol. The lowest BCUT2D eigenvalue weighted by Crippen LogP contribution is -2.08. The number of aryl methyl sites for hydroxylation is 1. The Labute approximate surface area is 157 Å². The highest BCUT2D eigenvalue weighted by molar-refractivity contribution is 6.30. The van der Waals surface area contributed by atoms with Gasteiger partial charge in [0, 0.05) is 11.6 Å². The van der Waals surface area contributed by atoms with Crippen molar-refractivity contribution in [2.24, 2.45) is 0 Å². The monoisotopic (exact) mass is 362 g/mol. The maximum absolute atomic E-state index is 5.94. The maximum atomic E-state index is 5.94. The minimum absolute atomic E-state index is 0.405. The van der Waals surface area contributed by atoms with Crippen LogP contribution in [0.2, 0.25) is 5.02 Å². The van der Waals surface area contributed by atoms with E-state index >= 15 is 0 Å². The molecule has 4 aromatic rings. The third-order valence-corrected chi connectivity index (χ3v) is 4.63. The van der Waals surface area contributed by atoms with Gasteiger partial charge in [0.25, 0.3) is 0 Å². The zero-order valence-electron chi connectivity index (χ0n) is 14.5. The van der Waals surface area contributed by atoms with E-state index in [0.29, 0.717) is 11.6 Å². The van der Waals surface area contributed by atoms with E-state index in [1.54, 1.807) is 0 Å². The molecule has 0 fully saturated rings. The molecule has 0 aliphatic carbocycles. The summed E-state index contributed by atoms with van der Waals surface area (Å²) >= 11 is 5.94. The standard InChI is InChI=1S/C22H19ClN2O/c1-16-6-8-17(9-7-16)14-25-21-5-3-2-4-20(21)24-22(25)15-26-19-12-10-18(23)11-13-19/h2-13H,14-15H2,1H3. The molecule has 0 radical (unpaired) electrons. The van der Waals surface area contributed by atoms with Crippen molar-refractivity contribution in [3.8, 4) is 5.75 Å². The van der Waals surface area contributed by atoms with Gasteiger partial charge in [0.2, 0.25) is 0 Å². The third kappa shape index (κ3) is 3.58. The van der Waals surface area contributed by atoms with Gasteiger partial charge in [-0.05, 0) is 48.9 Å². The Morgan fingerprint density at radius 1 is 0.923 bits per heavy atom. The number of rotatable bonds is 5. The lowest BCUT2D eigenvalue weighted by atomic mass is 10.1. The number of imidazole rings is 1. The molecule has 0 amide bonds. The van der Waals surface area contributed by atoms with Crippen LogP contribution in [0, 0.1) is 6.92 Å². The van der Waals surface area contributed by atoms with E-state index in [1.807, 2.05) is 42.5 Å². The largest absolute Gasteiger partial charge is 0.486 e. The summed E-state index contributed by atoms with van der Waals surface area (Å²) in [4.78, 5) is 4.77. The Morgan fingerprint density at radius 3 is 2.42 bits per heavy atom. The maximum Gasteiger partial charge on any atom is 0.148 e. The number of benzene rings is 3. The van der Waals surface area contributed by atoms with Gasteiger partial charge in [-0.3, -0.25) is 0 Å². The molecule has 3 aromatic carbocycles. The van der Waals surface area contributed by atoms with E-state index in [-0.39, 0.29) is 0 Å². The molecule has 0 unspecified atom stereocenters. The molecule has 0 aliphatic heterocycles. The van der Waals surface area contributed by atoms with E-state index in [1.165, 1.54) is 11.1 Å². The van der Waals surface area contributed by atoms with Crippen molar-refractivity contribution in [1.29, 1.82) is 0 Å². The molecule has 0 N–H and O–H groups in total. The van der Waals surface area contributed by atoms with Crippen molar-refractivity contribution >= 4 is 22.6 Å². The summed E-state index contributed by atoms with van der Waals surface area (Å²) in [6.07, 6.45) is 0. The summed E-state index contributed by atoms with van der Waals surface area (Å²) in [5.74, 6) is 1.69. The summed E-state index contributed by atoms with van der Waals surface area (Å²) in [5.41, 5.74) is 4.60. The molecule has 0 atom stereocenters. The first-order chi connectivity index (χ1) is 12.7. The first kappa shape index (κ1) is 16.7. The van der Waals surface area contributed by atoms with Crippen LogP contribution in [0.4, 0.5) is 0 Å². The highest BCUT2D eigenvalue weighted by Crippen LogP contribution is 2.21. The van der Waals surface area contributed by atoms with Gasteiger partial charge < -0.3 is 9.30 Å². The predicted octanol–water partition coefficient (Wildman–Crippen LogP) is 5.63. The molecule has 1 heterocycles. The molecular weight excluding hydrogens is 344 g/mol. The zero-order valence-corrected chi connectivity index (χ0v) is 15.3. The molecule has 0 saturated carbocycles. The topological polar surface area (TPSA) is 27.1 Å². The molecule has 0 aliphatic rings. The Morgan fingerprint density at radius 2 is 1.65 bits per heavy atom. The Kier molecular flexibility index (Phi) is 4.63. The van der Waals surface area contributed by atoms with Crippen molar-refractivity contribution in [3.05, 3.63) is 94.8 Å². The molecule has 4 rings (SSSR count). The molecule has 1 aromatic heterocycles. The smallest absolute Gasteiger partial charge is 0.148 e. The van der Waals surface area contributed by atoms with Crippen molar-refractivity contribution in [2.45, 2.75) is 20.1 Å². The van der Waals surface area contributed by atoms with Crippen LogP contribution in [0.5, 0.6) is 5.75 Å². The van der Waals surface area contributed by atoms with Crippen LogP contribution < -0.4 is 4.74 Å². The zero-order chi connectivity index (χ0) is 17.9. The second-order valence-corrected chi connectivity index (χ2v) is 6.77. The van der Waals surface area contributed by atoms with Crippen molar-refractivity contribution in [3.63, 3.8) is 0 Å². The molecule has 130 valence electrons. The molecule has 0 saturated heterocycles. The second-order valence-electron chi connectivity index (χ2n) is 6.33. The minimum Gasteiger partial charge on any atom is -0.486 e. The number of ether oxygens (including phenoxy) is 1. The number of aromatic nitrogens is 2. The van der Waals surface area contributed by atoms with Crippen molar-refractivity contribution < 1.29 is 4.74 Å². The van der Waals surface area contributed by atoms with Gasteiger partial charge in [-0.15, -0.1) is 0 Å². The van der Waals surface area contributed by atoms with Crippen molar-refractivity contribution in [1.82, 2.24) is 9.55 Å². The van der Waals surface area contributed by atoms with Crippen LogP contribution in [-0.4, -0.2) is 9.55 Å². The summed E-state index contributed by atoms with van der Waals surface area (Å²) in [6.45, 7) is 3.27. The van der Waals surface area contributed by atoms with Gasteiger partial charge in [-0.2, -0.15) is 0 Å². The number of fused-ring (bicyclic) bond motifs is 1. The Bertz CT molecular complexity index is 1020. The van der Waals surface area contributed by atoms with E-state index in [0.717, 1.165) is 29.2 Å². The van der Waals surface area contributed by atoms with Gasteiger partial charge >= 0.3 is 0 Å². The lowest BCUT2D eigenvalue weighted by molar-refractivity contribution is 0.291. The fourth-order valence-electron chi connectivity index (χ4n) is 2.97. The quantitative estimate of drug-likeness (QED) is 0.460. The van der Waals surface area contributed by atoms with Crippen LogP contribution in [0.25, 0.3) is 11.0 Å². The lowest BCUT2D eigenvalue weighted by Gasteiger charge is -2.11. The van der Waals surface area contributed by atoms with Gasteiger partial charge in [0.05, 0.1) is 11.0 Å². The summed E-state index contributed by atoms with van der Waals surface area (Å²) in [5, 5.41) is 0.698. The Hall–Kier alpha value is -2.78. The normalized spacial score (nSPS) is 11.0. The highest BCUT2D eigenvalue weighted by atomic mass is 35.5. The second kappa shape index (κ2) is 7.22. The number of halogens is 1. The molecule has 4 heteroatoms. The van der Waals surface area contributed by atoms with E-state index in [9.17, 15) is 0 Å². The average Bonchev–Trinajstić information content (AvgIpc) is 3.01. The average molecular weight is 363 g/mol. The van der Waals surface area contributed by atoms with E-state index in [4.69, 9.17) is 21.3 Å². The molecule has 26 heavy (non-hydrogen) atoms. The van der Waals surface area contributed by atoms with Crippen molar-refractivity contribution in [2.75, 3.05) is 0 Å². The van der Waals surface area contributed by atoms with Gasteiger partial charge in [0.1, 0.15) is 18.2 Å².